The maximum absolute atomic E-state index is 10.8. The summed E-state index contributed by atoms with van der Waals surface area (Å²) in [5.74, 6) is -0.857. The van der Waals surface area contributed by atoms with Gasteiger partial charge in [0, 0.05) is 16.1 Å². The molecule has 1 saturated heterocycles. The van der Waals surface area contributed by atoms with Crippen LogP contribution < -0.4 is 5.32 Å². The minimum absolute atomic E-state index is 0.0435. The lowest BCUT2D eigenvalue weighted by Crippen LogP contribution is -2.47. The molecule has 18 heavy (non-hydrogen) atoms. The van der Waals surface area contributed by atoms with Crippen molar-refractivity contribution in [2.45, 2.75) is 12.1 Å². The molecule has 0 radical (unpaired) electrons. The third kappa shape index (κ3) is 2.12. The lowest BCUT2D eigenvalue weighted by atomic mass is 10.2. The third-order valence-electron chi connectivity index (χ3n) is 3.07. The highest BCUT2D eigenvalue weighted by atomic mass is 32.1. The van der Waals surface area contributed by atoms with Crippen LogP contribution in [-0.2, 0) is 9.53 Å². The number of hydrogen-bond donors (Lipinski definition) is 2. The highest BCUT2D eigenvalue weighted by Gasteiger charge is 2.27. The SMILES string of the molecule is O=C(O)C1COC(c2cc3ccccc3s2)CN1. The number of ether oxygens (including phenoxy) is 1. The number of benzene rings is 1. The van der Waals surface area contributed by atoms with Crippen molar-refractivity contribution in [3.05, 3.63) is 35.2 Å². The minimum Gasteiger partial charge on any atom is -0.480 e. The molecule has 1 aliphatic heterocycles. The third-order valence-corrected chi connectivity index (χ3v) is 4.28. The summed E-state index contributed by atoms with van der Waals surface area (Å²) in [5.41, 5.74) is 0. The van der Waals surface area contributed by atoms with Gasteiger partial charge >= 0.3 is 5.97 Å². The molecule has 1 aliphatic rings. The van der Waals surface area contributed by atoms with Crippen molar-refractivity contribution in [3.8, 4) is 0 Å². The van der Waals surface area contributed by atoms with Gasteiger partial charge in [0.05, 0.1) is 6.61 Å². The van der Waals surface area contributed by atoms with Gasteiger partial charge in [0.1, 0.15) is 12.1 Å². The van der Waals surface area contributed by atoms with Gasteiger partial charge in [-0.25, -0.2) is 0 Å². The quantitative estimate of drug-likeness (QED) is 0.870. The molecule has 94 valence electrons. The fourth-order valence-corrected chi connectivity index (χ4v) is 3.20. The van der Waals surface area contributed by atoms with Crippen molar-refractivity contribution in [3.63, 3.8) is 0 Å². The van der Waals surface area contributed by atoms with E-state index in [9.17, 15) is 4.79 Å². The molecule has 3 rings (SSSR count). The van der Waals surface area contributed by atoms with E-state index in [1.165, 1.54) is 10.1 Å². The van der Waals surface area contributed by atoms with Crippen LogP contribution in [0, 0.1) is 0 Å². The summed E-state index contributed by atoms with van der Waals surface area (Å²) < 4.78 is 6.87. The smallest absolute Gasteiger partial charge is 0.323 e. The Bertz CT molecular complexity index is 539. The first kappa shape index (κ1) is 11.6. The number of carboxylic acid groups (broad SMARTS) is 1. The number of nitrogens with one attached hydrogen (secondary N) is 1. The molecule has 4 nitrogen and oxygen atoms in total. The molecular formula is C13H13NO3S. The number of carbonyl (C=O) groups is 1. The lowest BCUT2D eigenvalue weighted by Gasteiger charge is -2.27. The minimum atomic E-state index is -0.857. The summed E-state index contributed by atoms with van der Waals surface area (Å²) in [6.07, 6.45) is -0.0435. The molecule has 2 aromatic rings. The van der Waals surface area contributed by atoms with Gasteiger partial charge in [-0.2, -0.15) is 0 Å². The Labute approximate surface area is 108 Å². The largest absolute Gasteiger partial charge is 0.480 e. The second-order valence-corrected chi connectivity index (χ2v) is 5.42. The number of fused-ring (bicyclic) bond motifs is 1. The normalized spacial score (nSPS) is 24.2. The van der Waals surface area contributed by atoms with Crippen molar-refractivity contribution < 1.29 is 14.6 Å². The first-order chi connectivity index (χ1) is 8.74. The molecule has 0 bridgehead atoms. The topological polar surface area (TPSA) is 58.6 Å². The number of morpholine rings is 1. The summed E-state index contributed by atoms with van der Waals surface area (Å²) in [6.45, 7) is 0.762. The maximum atomic E-state index is 10.8. The Morgan fingerprint density at radius 3 is 2.94 bits per heavy atom. The molecule has 0 amide bonds. The van der Waals surface area contributed by atoms with Gasteiger partial charge in [-0.15, -0.1) is 11.3 Å². The molecule has 1 aromatic carbocycles. The van der Waals surface area contributed by atoms with Gasteiger partial charge in [0.2, 0.25) is 0 Å². The summed E-state index contributed by atoms with van der Waals surface area (Å²) in [7, 11) is 0. The van der Waals surface area contributed by atoms with Crippen molar-refractivity contribution in [1.29, 1.82) is 0 Å². The molecule has 1 fully saturated rings. The van der Waals surface area contributed by atoms with Gasteiger partial charge in [-0.05, 0) is 17.5 Å². The Morgan fingerprint density at radius 2 is 2.28 bits per heavy atom. The summed E-state index contributed by atoms with van der Waals surface area (Å²) in [5, 5.41) is 13.1. The van der Waals surface area contributed by atoms with Gasteiger partial charge in [0.15, 0.2) is 0 Å². The number of rotatable bonds is 2. The summed E-state index contributed by atoms with van der Waals surface area (Å²) in [4.78, 5) is 11.9. The van der Waals surface area contributed by atoms with E-state index in [1.807, 2.05) is 12.1 Å². The highest BCUT2D eigenvalue weighted by molar-refractivity contribution is 7.19. The Morgan fingerprint density at radius 1 is 1.44 bits per heavy atom. The van der Waals surface area contributed by atoms with Crippen LogP contribution in [0.15, 0.2) is 30.3 Å². The van der Waals surface area contributed by atoms with Crippen molar-refractivity contribution >= 4 is 27.4 Å². The molecule has 2 N–H and O–H groups in total. The standard InChI is InChI=1S/C13H13NO3S/c15-13(16)9-7-17-10(6-14-9)12-5-8-3-1-2-4-11(8)18-12/h1-5,9-10,14H,6-7H2,(H,15,16). The van der Waals surface area contributed by atoms with Crippen LogP contribution in [0.4, 0.5) is 0 Å². The summed E-state index contributed by atoms with van der Waals surface area (Å²) >= 11 is 1.70. The molecule has 0 spiro atoms. The first-order valence-corrected chi connectivity index (χ1v) is 6.62. The first-order valence-electron chi connectivity index (χ1n) is 5.80. The summed E-state index contributed by atoms with van der Waals surface area (Å²) in [6, 6.07) is 9.72. The highest BCUT2D eigenvalue weighted by Crippen LogP contribution is 2.32. The van der Waals surface area contributed by atoms with E-state index in [-0.39, 0.29) is 12.7 Å². The van der Waals surface area contributed by atoms with Crippen LogP contribution in [0.25, 0.3) is 10.1 Å². The van der Waals surface area contributed by atoms with Crippen LogP contribution in [0.3, 0.4) is 0 Å². The molecule has 2 unspecified atom stereocenters. The molecule has 1 aromatic heterocycles. The van der Waals surface area contributed by atoms with E-state index in [2.05, 4.69) is 23.5 Å². The van der Waals surface area contributed by atoms with Crippen LogP contribution in [-0.4, -0.2) is 30.3 Å². The molecule has 0 saturated carbocycles. The van der Waals surface area contributed by atoms with Gasteiger partial charge in [-0.3, -0.25) is 10.1 Å². The Kier molecular flexibility index (Phi) is 3.03. The van der Waals surface area contributed by atoms with Crippen LogP contribution in [0.2, 0.25) is 0 Å². The molecular weight excluding hydrogens is 250 g/mol. The Balaban J connectivity index is 1.78. The number of thiophene rings is 1. The zero-order chi connectivity index (χ0) is 12.5. The van der Waals surface area contributed by atoms with E-state index < -0.39 is 12.0 Å². The van der Waals surface area contributed by atoms with E-state index in [1.54, 1.807) is 11.3 Å². The molecule has 0 aliphatic carbocycles. The molecule has 2 atom stereocenters. The zero-order valence-corrected chi connectivity index (χ0v) is 10.4. The van der Waals surface area contributed by atoms with Crippen LogP contribution in [0.1, 0.15) is 11.0 Å². The van der Waals surface area contributed by atoms with Crippen molar-refractivity contribution in [2.75, 3.05) is 13.2 Å². The van der Waals surface area contributed by atoms with Crippen LogP contribution in [0.5, 0.6) is 0 Å². The number of aliphatic carboxylic acids is 1. The van der Waals surface area contributed by atoms with E-state index in [0.29, 0.717) is 6.54 Å². The predicted octanol–water partition coefficient (Wildman–Crippen LogP) is 2.02. The van der Waals surface area contributed by atoms with E-state index >= 15 is 0 Å². The fraction of sp³-hybridized carbons (Fsp3) is 0.308. The van der Waals surface area contributed by atoms with E-state index in [4.69, 9.17) is 9.84 Å². The second-order valence-electron chi connectivity index (χ2n) is 4.31. The van der Waals surface area contributed by atoms with Crippen molar-refractivity contribution in [2.24, 2.45) is 0 Å². The average Bonchev–Trinajstić information content (AvgIpc) is 2.82. The monoisotopic (exact) mass is 263 g/mol. The number of carboxylic acids is 1. The molecule has 5 heteroatoms. The number of hydrogen-bond acceptors (Lipinski definition) is 4. The van der Waals surface area contributed by atoms with Crippen molar-refractivity contribution in [1.82, 2.24) is 5.32 Å². The maximum Gasteiger partial charge on any atom is 0.323 e. The average molecular weight is 263 g/mol. The predicted molar refractivity (Wildman–Crippen MR) is 69.9 cm³/mol. The van der Waals surface area contributed by atoms with Gasteiger partial charge in [0.25, 0.3) is 0 Å². The van der Waals surface area contributed by atoms with Gasteiger partial charge < -0.3 is 9.84 Å². The molecule has 2 heterocycles. The zero-order valence-electron chi connectivity index (χ0n) is 9.63. The Hall–Kier alpha value is -1.43. The van der Waals surface area contributed by atoms with Crippen LogP contribution >= 0.6 is 11.3 Å². The lowest BCUT2D eigenvalue weighted by molar-refractivity contribution is -0.144. The van der Waals surface area contributed by atoms with E-state index in [0.717, 1.165) is 4.88 Å². The fourth-order valence-electron chi connectivity index (χ4n) is 2.08. The van der Waals surface area contributed by atoms with Gasteiger partial charge in [-0.1, -0.05) is 18.2 Å². The second kappa shape index (κ2) is 4.68.